The van der Waals surface area contributed by atoms with Crippen LogP contribution in [-0.2, 0) is 10.0 Å². The van der Waals surface area contributed by atoms with Crippen LogP contribution in [0.4, 0.5) is 0 Å². The molecule has 0 N–H and O–H groups in total. The normalized spacial score (nSPS) is 17.6. The Balaban J connectivity index is 1.57. The number of piperidine rings is 1. The lowest BCUT2D eigenvalue weighted by Gasteiger charge is -2.30. The van der Waals surface area contributed by atoms with Crippen molar-refractivity contribution in [3.8, 4) is 5.75 Å². The highest BCUT2D eigenvalue weighted by Crippen LogP contribution is 2.23. The summed E-state index contributed by atoms with van der Waals surface area (Å²) in [5.74, 6) is 0.875. The zero-order valence-electron chi connectivity index (χ0n) is 12.7. The van der Waals surface area contributed by atoms with Crippen molar-refractivity contribution in [1.82, 2.24) is 4.31 Å². The van der Waals surface area contributed by atoms with E-state index in [1.54, 1.807) is 17.4 Å². The van der Waals surface area contributed by atoms with E-state index in [1.165, 1.54) is 9.71 Å². The summed E-state index contributed by atoms with van der Waals surface area (Å²) in [6.07, 6.45) is 3.17. The van der Waals surface area contributed by atoms with Gasteiger partial charge in [0.2, 0.25) is 10.0 Å². The highest BCUT2D eigenvalue weighted by Gasteiger charge is 2.27. The summed E-state index contributed by atoms with van der Waals surface area (Å²) in [6, 6.07) is 11.4. The third-order valence-electron chi connectivity index (χ3n) is 3.79. The highest BCUT2D eigenvalue weighted by atomic mass is 32.2. The number of thiophene rings is 1. The Bertz CT molecular complexity index is 731. The Morgan fingerprint density at radius 2 is 1.87 bits per heavy atom. The molecule has 4 nitrogen and oxygen atoms in total. The molecule has 0 spiro atoms. The molecular weight excluding hydrogens is 330 g/mol. The highest BCUT2D eigenvalue weighted by molar-refractivity contribution is 7.92. The van der Waals surface area contributed by atoms with Gasteiger partial charge < -0.3 is 4.74 Å². The van der Waals surface area contributed by atoms with E-state index in [1.807, 2.05) is 47.2 Å². The van der Waals surface area contributed by atoms with Crippen molar-refractivity contribution in [1.29, 1.82) is 0 Å². The molecule has 0 radical (unpaired) electrons. The van der Waals surface area contributed by atoms with E-state index in [-0.39, 0.29) is 6.10 Å². The van der Waals surface area contributed by atoms with Gasteiger partial charge in [0.15, 0.2) is 0 Å². The second kappa shape index (κ2) is 7.29. The predicted molar refractivity (Wildman–Crippen MR) is 93.9 cm³/mol. The number of nitrogens with zero attached hydrogens (tertiary/aromatic N) is 1. The van der Waals surface area contributed by atoms with Crippen LogP contribution in [0.15, 0.2) is 52.6 Å². The second-order valence-electron chi connectivity index (χ2n) is 5.43. The van der Waals surface area contributed by atoms with Crippen LogP contribution >= 0.6 is 11.3 Å². The fourth-order valence-corrected chi connectivity index (χ4v) is 4.31. The van der Waals surface area contributed by atoms with E-state index in [2.05, 4.69) is 0 Å². The molecule has 0 atom stereocenters. The fourth-order valence-electron chi connectivity index (χ4n) is 2.53. The van der Waals surface area contributed by atoms with Gasteiger partial charge in [-0.3, -0.25) is 0 Å². The Labute approximate surface area is 141 Å². The molecule has 2 heterocycles. The minimum absolute atomic E-state index is 0.0918. The molecule has 0 amide bonds. The van der Waals surface area contributed by atoms with Crippen LogP contribution in [0.2, 0.25) is 0 Å². The molecule has 3 rings (SSSR count). The van der Waals surface area contributed by atoms with Gasteiger partial charge in [-0.15, -0.1) is 11.3 Å². The molecule has 2 aromatic rings. The largest absolute Gasteiger partial charge is 0.489 e. The molecule has 0 saturated carbocycles. The Kier molecular flexibility index (Phi) is 5.15. The van der Waals surface area contributed by atoms with E-state index in [4.69, 9.17) is 4.74 Å². The number of ether oxygens (including phenoxy) is 1. The zero-order chi connectivity index (χ0) is 16.1. The number of rotatable bonds is 5. The van der Waals surface area contributed by atoms with Crippen LogP contribution in [0.3, 0.4) is 0 Å². The summed E-state index contributed by atoms with van der Waals surface area (Å²) in [5.41, 5.74) is 0.881. The van der Waals surface area contributed by atoms with E-state index in [0.717, 1.165) is 11.3 Å². The van der Waals surface area contributed by atoms with Gasteiger partial charge in [-0.05, 0) is 35.9 Å². The van der Waals surface area contributed by atoms with Crippen LogP contribution in [0.5, 0.6) is 5.75 Å². The monoisotopic (exact) mass is 349 g/mol. The smallest absolute Gasteiger partial charge is 0.236 e. The third-order valence-corrected chi connectivity index (χ3v) is 6.02. The molecule has 0 unspecified atom stereocenters. The van der Waals surface area contributed by atoms with Gasteiger partial charge >= 0.3 is 0 Å². The fraction of sp³-hybridized carbons (Fsp3) is 0.294. The summed E-state index contributed by atoms with van der Waals surface area (Å²) in [6.45, 7) is 0.993. The van der Waals surface area contributed by atoms with Crippen LogP contribution < -0.4 is 4.74 Å². The van der Waals surface area contributed by atoms with Crippen LogP contribution in [0.25, 0.3) is 6.08 Å². The lowest BCUT2D eigenvalue weighted by molar-refractivity contribution is 0.136. The Morgan fingerprint density at radius 1 is 1.13 bits per heavy atom. The average molecular weight is 349 g/mol. The van der Waals surface area contributed by atoms with Gasteiger partial charge in [0, 0.05) is 23.9 Å². The summed E-state index contributed by atoms with van der Waals surface area (Å²) >= 11 is 1.60. The second-order valence-corrected chi connectivity index (χ2v) is 8.03. The first kappa shape index (κ1) is 16.2. The number of benzene rings is 1. The molecule has 0 bridgehead atoms. The summed E-state index contributed by atoms with van der Waals surface area (Å²) in [5, 5.41) is 5.23. The van der Waals surface area contributed by atoms with Crippen molar-refractivity contribution in [2.75, 3.05) is 13.1 Å². The van der Waals surface area contributed by atoms with Gasteiger partial charge in [0.1, 0.15) is 11.9 Å². The van der Waals surface area contributed by atoms with Crippen molar-refractivity contribution in [3.63, 3.8) is 0 Å². The van der Waals surface area contributed by atoms with Gasteiger partial charge in [0.05, 0.1) is 0 Å². The van der Waals surface area contributed by atoms with Crippen LogP contribution in [0.1, 0.15) is 18.4 Å². The SMILES string of the molecule is O=S(=O)(/C=C/c1ccccc1)N1CCC(Oc2ccsc2)CC1. The maximum absolute atomic E-state index is 12.4. The van der Waals surface area contributed by atoms with Crippen LogP contribution in [-0.4, -0.2) is 31.9 Å². The first-order chi connectivity index (χ1) is 11.1. The molecule has 6 heteroatoms. The summed E-state index contributed by atoms with van der Waals surface area (Å²) < 4.78 is 32.1. The average Bonchev–Trinajstić information content (AvgIpc) is 3.08. The molecule has 23 heavy (non-hydrogen) atoms. The maximum Gasteiger partial charge on any atom is 0.236 e. The van der Waals surface area contributed by atoms with Crippen molar-refractivity contribution in [3.05, 3.63) is 58.1 Å². The topological polar surface area (TPSA) is 46.6 Å². The Hall–Kier alpha value is -1.63. The van der Waals surface area contributed by atoms with E-state index < -0.39 is 10.0 Å². The minimum atomic E-state index is -3.37. The lowest BCUT2D eigenvalue weighted by atomic mass is 10.1. The minimum Gasteiger partial charge on any atom is -0.489 e. The maximum atomic E-state index is 12.4. The molecule has 1 aliphatic rings. The standard InChI is InChI=1S/C17H19NO3S2/c19-23(20,13-9-15-4-2-1-3-5-15)18-10-6-16(7-11-18)21-17-8-12-22-14-17/h1-5,8-9,12-14,16H,6-7,10-11H2/b13-9+. The lowest BCUT2D eigenvalue weighted by Crippen LogP contribution is -2.40. The first-order valence-electron chi connectivity index (χ1n) is 7.56. The van der Waals surface area contributed by atoms with E-state index >= 15 is 0 Å². The molecule has 1 aromatic carbocycles. The number of sulfonamides is 1. The summed E-state index contributed by atoms with van der Waals surface area (Å²) in [7, 11) is -3.37. The van der Waals surface area contributed by atoms with E-state index in [9.17, 15) is 8.42 Å². The van der Waals surface area contributed by atoms with Gasteiger partial charge in [-0.1, -0.05) is 30.3 Å². The number of hydrogen-bond donors (Lipinski definition) is 0. The van der Waals surface area contributed by atoms with Crippen molar-refractivity contribution in [2.24, 2.45) is 0 Å². The molecule has 1 fully saturated rings. The van der Waals surface area contributed by atoms with Gasteiger partial charge in [-0.2, -0.15) is 4.31 Å². The molecule has 0 aliphatic carbocycles. The zero-order valence-corrected chi connectivity index (χ0v) is 14.3. The molecule has 1 aliphatic heterocycles. The molecule has 122 valence electrons. The quantitative estimate of drug-likeness (QED) is 0.829. The molecule has 1 aromatic heterocycles. The molecule has 1 saturated heterocycles. The predicted octanol–water partition coefficient (Wildman–Crippen LogP) is 3.59. The van der Waals surface area contributed by atoms with Crippen molar-refractivity contribution < 1.29 is 13.2 Å². The van der Waals surface area contributed by atoms with Gasteiger partial charge in [-0.25, -0.2) is 8.42 Å². The Morgan fingerprint density at radius 3 is 2.52 bits per heavy atom. The third kappa shape index (κ3) is 4.43. The number of hydrogen-bond acceptors (Lipinski definition) is 4. The summed E-state index contributed by atoms with van der Waals surface area (Å²) in [4.78, 5) is 0. The van der Waals surface area contributed by atoms with Crippen LogP contribution in [0, 0.1) is 0 Å². The first-order valence-corrected chi connectivity index (χ1v) is 10.0. The van der Waals surface area contributed by atoms with E-state index in [0.29, 0.717) is 25.9 Å². The van der Waals surface area contributed by atoms with Gasteiger partial charge in [0.25, 0.3) is 0 Å². The van der Waals surface area contributed by atoms with Crippen molar-refractivity contribution in [2.45, 2.75) is 18.9 Å². The van der Waals surface area contributed by atoms with Crippen molar-refractivity contribution >= 4 is 27.4 Å². The molecular formula is C17H19NO3S2.